The molecular weight excluding hydrogens is 347 g/mol. The first-order valence-electron chi connectivity index (χ1n) is 8.30. The molecule has 1 amide bonds. The minimum atomic E-state index is -0.606. The topological polar surface area (TPSA) is 60.1 Å². The van der Waals surface area contributed by atoms with E-state index >= 15 is 0 Å². The van der Waals surface area contributed by atoms with Gasteiger partial charge in [-0.25, -0.2) is 13.9 Å². The average molecular weight is 367 g/mol. The molecule has 2 aromatic rings. The second-order valence-corrected chi connectivity index (χ2v) is 6.64. The summed E-state index contributed by atoms with van der Waals surface area (Å²) in [5, 5.41) is 4.34. The Hall–Kier alpha value is -2.15. The van der Waals surface area contributed by atoms with Crippen LogP contribution in [0.2, 0.25) is 5.02 Å². The summed E-state index contributed by atoms with van der Waals surface area (Å²) in [6, 6.07) is 4.08. The van der Waals surface area contributed by atoms with Gasteiger partial charge in [0.15, 0.2) is 0 Å². The summed E-state index contributed by atoms with van der Waals surface area (Å²) < 4.78 is 16.6. The molecule has 3 rings (SSSR count). The van der Waals surface area contributed by atoms with Gasteiger partial charge in [-0.05, 0) is 38.0 Å². The number of benzene rings is 1. The van der Waals surface area contributed by atoms with Crippen molar-refractivity contribution in [3.05, 3.63) is 50.9 Å². The maximum Gasteiger partial charge on any atom is 0.345 e. The fourth-order valence-electron chi connectivity index (χ4n) is 3.31. The molecule has 134 valence electrons. The van der Waals surface area contributed by atoms with Crippen molar-refractivity contribution >= 4 is 17.5 Å². The van der Waals surface area contributed by atoms with Crippen LogP contribution in [0.4, 0.5) is 4.39 Å². The van der Waals surface area contributed by atoms with Gasteiger partial charge in [0.25, 0.3) is 5.91 Å². The van der Waals surface area contributed by atoms with Crippen LogP contribution in [-0.2, 0) is 13.6 Å². The van der Waals surface area contributed by atoms with Gasteiger partial charge in [-0.1, -0.05) is 11.6 Å². The van der Waals surface area contributed by atoms with E-state index in [1.807, 2.05) is 6.92 Å². The number of piperidine rings is 1. The number of hydrogen-bond donors (Lipinski definition) is 0. The molecule has 8 heteroatoms. The highest BCUT2D eigenvalue weighted by Crippen LogP contribution is 2.26. The summed E-state index contributed by atoms with van der Waals surface area (Å²) in [6.07, 6.45) is 1.66. The Kier molecular flexibility index (Phi) is 4.94. The molecule has 1 aromatic carbocycles. The predicted octanol–water partition coefficient (Wildman–Crippen LogP) is 2.41. The highest BCUT2D eigenvalue weighted by Gasteiger charge is 2.29. The van der Waals surface area contributed by atoms with Gasteiger partial charge in [0.1, 0.15) is 11.6 Å². The number of likely N-dealkylation sites (tertiary alicyclic amines) is 1. The number of hydrogen-bond acceptors (Lipinski definition) is 3. The van der Waals surface area contributed by atoms with Crippen LogP contribution in [0.15, 0.2) is 23.0 Å². The van der Waals surface area contributed by atoms with Crippen LogP contribution < -0.4 is 5.69 Å². The van der Waals surface area contributed by atoms with Crippen LogP contribution >= 0.6 is 11.6 Å². The standard InChI is InChI=1S/C17H20ClFN4O2/c1-3-23-15(20-21(2)17(23)25)12-5-4-8-22(10-12)16(24)11-6-7-13(18)14(19)9-11/h6-7,9,12H,3-5,8,10H2,1-2H3. The van der Waals surface area contributed by atoms with Crippen LogP contribution in [-0.4, -0.2) is 38.2 Å². The summed E-state index contributed by atoms with van der Waals surface area (Å²) >= 11 is 5.68. The monoisotopic (exact) mass is 366 g/mol. The SMILES string of the molecule is CCn1c(C2CCCN(C(=O)c3ccc(Cl)c(F)c3)C2)nn(C)c1=O. The maximum atomic E-state index is 13.6. The Labute approximate surface area is 149 Å². The lowest BCUT2D eigenvalue weighted by molar-refractivity contribution is 0.0702. The Morgan fingerprint density at radius 2 is 2.20 bits per heavy atom. The molecule has 1 fully saturated rings. The van der Waals surface area contributed by atoms with Crippen molar-refractivity contribution < 1.29 is 9.18 Å². The molecule has 6 nitrogen and oxygen atoms in total. The zero-order valence-electron chi connectivity index (χ0n) is 14.2. The molecular formula is C17H20ClFN4O2. The lowest BCUT2D eigenvalue weighted by Crippen LogP contribution is -2.40. The third kappa shape index (κ3) is 3.33. The van der Waals surface area contributed by atoms with Crippen LogP contribution in [0, 0.1) is 5.82 Å². The molecule has 1 saturated heterocycles. The fourth-order valence-corrected chi connectivity index (χ4v) is 3.42. The number of amides is 1. The highest BCUT2D eigenvalue weighted by atomic mass is 35.5. The van der Waals surface area contributed by atoms with Gasteiger partial charge in [0.05, 0.1) is 5.02 Å². The van der Waals surface area contributed by atoms with Gasteiger partial charge in [-0.2, -0.15) is 5.10 Å². The number of carbonyl (C=O) groups excluding carboxylic acids is 1. The third-order valence-electron chi connectivity index (χ3n) is 4.59. The number of rotatable bonds is 3. The Morgan fingerprint density at radius 1 is 1.44 bits per heavy atom. The van der Waals surface area contributed by atoms with E-state index in [4.69, 9.17) is 11.6 Å². The van der Waals surface area contributed by atoms with Crippen molar-refractivity contribution in [3.8, 4) is 0 Å². The molecule has 1 aromatic heterocycles. The second-order valence-electron chi connectivity index (χ2n) is 6.23. The van der Waals surface area contributed by atoms with Gasteiger partial charge in [0, 0.05) is 38.2 Å². The fraction of sp³-hybridized carbons (Fsp3) is 0.471. The Morgan fingerprint density at radius 3 is 2.88 bits per heavy atom. The molecule has 0 radical (unpaired) electrons. The molecule has 0 spiro atoms. The summed E-state index contributed by atoms with van der Waals surface area (Å²) in [7, 11) is 1.63. The van der Waals surface area contributed by atoms with E-state index in [1.54, 1.807) is 16.5 Å². The third-order valence-corrected chi connectivity index (χ3v) is 4.90. The van der Waals surface area contributed by atoms with Gasteiger partial charge in [0.2, 0.25) is 0 Å². The number of halogens is 2. The lowest BCUT2D eigenvalue weighted by Gasteiger charge is -2.32. The lowest BCUT2D eigenvalue weighted by atomic mass is 9.96. The zero-order chi connectivity index (χ0) is 18.1. The van der Waals surface area contributed by atoms with Gasteiger partial charge >= 0.3 is 5.69 Å². The molecule has 25 heavy (non-hydrogen) atoms. The zero-order valence-corrected chi connectivity index (χ0v) is 15.0. The number of carbonyl (C=O) groups is 1. The largest absolute Gasteiger partial charge is 0.345 e. The van der Waals surface area contributed by atoms with Crippen LogP contribution in [0.3, 0.4) is 0 Å². The Balaban J connectivity index is 1.83. The van der Waals surface area contributed by atoms with Gasteiger partial charge < -0.3 is 4.90 Å². The van der Waals surface area contributed by atoms with Crippen molar-refractivity contribution in [3.63, 3.8) is 0 Å². The van der Waals surface area contributed by atoms with Crippen molar-refractivity contribution in [2.24, 2.45) is 7.05 Å². The van der Waals surface area contributed by atoms with E-state index in [-0.39, 0.29) is 28.1 Å². The highest BCUT2D eigenvalue weighted by molar-refractivity contribution is 6.30. The molecule has 1 unspecified atom stereocenters. The van der Waals surface area contributed by atoms with Gasteiger partial charge in [-0.3, -0.25) is 9.36 Å². The molecule has 1 aliphatic heterocycles. The summed E-state index contributed by atoms with van der Waals surface area (Å²) in [6.45, 7) is 3.49. The number of aromatic nitrogens is 3. The predicted molar refractivity (Wildman–Crippen MR) is 92.4 cm³/mol. The Bertz CT molecular complexity index is 861. The second kappa shape index (κ2) is 7.00. The van der Waals surface area contributed by atoms with Crippen molar-refractivity contribution in [1.29, 1.82) is 0 Å². The van der Waals surface area contributed by atoms with E-state index in [0.29, 0.717) is 25.5 Å². The molecule has 0 aliphatic carbocycles. The smallest absolute Gasteiger partial charge is 0.338 e. The molecule has 1 aliphatic rings. The number of nitrogens with zero attached hydrogens (tertiary/aromatic N) is 4. The first kappa shape index (κ1) is 17.7. The minimum Gasteiger partial charge on any atom is -0.338 e. The van der Waals surface area contributed by atoms with E-state index < -0.39 is 5.82 Å². The van der Waals surface area contributed by atoms with Crippen molar-refractivity contribution in [1.82, 2.24) is 19.2 Å². The van der Waals surface area contributed by atoms with E-state index in [9.17, 15) is 14.0 Å². The van der Waals surface area contributed by atoms with Gasteiger partial charge in [-0.15, -0.1) is 0 Å². The summed E-state index contributed by atoms with van der Waals surface area (Å²) in [5.74, 6) is -0.147. The molecule has 0 saturated carbocycles. The normalized spacial score (nSPS) is 17.8. The van der Waals surface area contributed by atoms with Crippen LogP contribution in [0.5, 0.6) is 0 Å². The van der Waals surface area contributed by atoms with E-state index in [1.165, 1.54) is 16.8 Å². The average Bonchev–Trinajstić information content (AvgIpc) is 2.91. The summed E-state index contributed by atoms with van der Waals surface area (Å²) in [4.78, 5) is 26.5. The molecule has 2 heterocycles. The van der Waals surface area contributed by atoms with Crippen LogP contribution in [0.25, 0.3) is 0 Å². The molecule has 0 bridgehead atoms. The van der Waals surface area contributed by atoms with Crippen molar-refractivity contribution in [2.45, 2.75) is 32.2 Å². The molecule has 1 atom stereocenters. The maximum absolute atomic E-state index is 13.6. The van der Waals surface area contributed by atoms with Crippen LogP contribution in [0.1, 0.15) is 41.9 Å². The molecule has 0 N–H and O–H groups in total. The van der Waals surface area contributed by atoms with E-state index in [0.717, 1.165) is 18.9 Å². The first-order valence-corrected chi connectivity index (χ1v) is 8.68. The van der Waals surface area contributed by atoms with E-state index in [2.05, 4.69) is 5.10 Å². The summed E-state index contributed by atoms with van der Waals surface area (Å²) in [5.41, 5.74) is 0.122. The van der Waals surface area contributed by atoms with Crippen molar-refractivity contribution in [2.75, 3.05) is 13.1 Å². The minimum absolute atomic E-state index is 0.00600. The quantitative estimate of drug-likeness (QED) is 0.838. The first-order chi connectivity index (χ1) is 11.9. The number of aryl methyl sites for hydroxylation is 1.